The highest BCUT2D eigenvalue weighted by atomic mass is 32.1. The zero-order chi connectivity index (χ0) is 13.8. The van der Waals surface area contributed by atoms with Crippen molar-refractivity contribution in [2.45, 2.75) is 26.7 Å². The number of nitrogens with one attached hydrogen (secondary N) is 3. The lowest BCUT2D eigenvalue weighted by Gasteiger charge is -2.06. The molecule has 0 atom stereocenters. The largest absolute Gasteiger partial charge is 0.366 e. The van der Waals surface area contributed by atoms with E-state index in [1.54, 1.807) is 7.05 Å². The number of thiocarbonyl (C=S) groups is 1. The van der Waals surface area contributed by atoms with Gasteiger partial charge in [0.1, 0.15) is 0 Å². The van der Waals surface area contributed by atoms with Gasteiger partial charge < -0.3 is 16.0 Å². The van der Waals surface area contributed by atoms with Crippen LogP contribution in [0.3, 0.4) is 0 Å². The third kappa shape index (κ3) is 8.96. The van der Waals surface area contributed by atoms with Gasteiger partial charge in [0, 0.05) is 12.7 Å². The molecule has 0 aliphatic heterocycles. The summed E-state index contributed by atoms with van der Waals surface area (Å²) in [6, 6.07) is 8.08. The van der Waals surface area contributed by atoms with E-state index in [0.717, 1.165) is 12.2 Å². The first-order valence-electron chi connectivity index (χ1n) is 6.34. The molecule has 1 rings (SSSR count). The molecule has 0 unspecified atom stereocenters. The monoisotopic (exact) mass is 267 g/mol. The topological polar surface area (TPSA) is 36.1 Å². The van der Waals surface area contributed by atoms with Crippen LogP contribution >= 0.6 is 12.2 Å². The van der Waals surface area contributed by atoms with Crippen LogP contribution in [0.5, 0.6) is 0 Å². The SMILES string of the molecule is CCCCNC.CNC(=S)Nc1ccc(C)cc1. The maximum atomic E-state index is 4.95. The zero-order valence-electron chi connectivity index (χ0n) is 11.8. The molecule has 0 saturated heterocycles. The van der Waals surface area contributed by atoms with Crippen LogP contribution < -0.4 is 16.0 Å². The lowest BCUT2D eigenvalue weighted by molar-refractivity contribution is 0.711. The summed E-state index contributed by atoms with van der Waals surface area (Å²) in [5.41, 5.74) is 2.26. The Hall–Kier alpha value is -1.13. The quantitative estimate of drug-likeness (QED) is 0.579. The summed E-state index contributed by atoms with van der Waals surface area (Å²) < 4.78 is 0. The molecular weight excluding hydrogens is 242 g/mol. The molecule has 1 aromatic rings. The van der Waals surface area contributed by atoms with Crippen LogP contribution in [0.15, 0.2) is 24.3 Å². The molecule has 4 heteroatoms. The maximum Gasteiger partial charge on any atom is 0.170 e. The van der Waals surface area contributed by atoms with Crippen molar-refractivity contribution in [1.82, 2.24) is 10.6 Å². The fraction of sp³-hybridized carbons (Fsp3) is 0.500. The fourth-order valence-electron chi connectivity index (χ4n) is 1.18. The first-order chi connectivity index (χ1) is 8.63. The van der Waals surface area contributed by atoms with Gasteiger partial charge >= 0.3 is 0 Å². The van der Waals surface area contributed by atoms with E-state index < -0.39 is 0 Å². The van der Waals surface area contributed by atoms with Crippen molar-refractivity contribution in [3.63, 3.8) is 0 Å². The van der Waals surface area contributed by atoms with Crippen molar-refractivity contribution < 1.29 is 0 Å². The molecule has 1 aromatic carbocycles. The maximum absolute atomic E-state index is 4.95. The molecule has 0 heterocycles. The Bertz CT molecular complexity index is 318. The first kappa shape index (κ1) is 16.9. The highest BCUT2D eigenvalue weighted by Gasteiger charge is 1.92. The van der Waals surface area contributed by atoms with Crippen molar-refractivity contribution in [1.29, 1.82) is 0 Å². The Morgan fingerprint density at radius 1 is 1.17 bits per heavy atom. The minimum atomic E-state index is 0.638. The third-order valence-electron chi connectivity index (χ3n) is 2.32. The molecule has 102 valence electrons. The molecule has 18 heavy (non-hydrogen) atoms. The van der Waals surface area contributed by atoms with Crippen LogP contribution in [-0.4, -0.2) is 25.8 Å². The highest BCUT2D eigenvalue weighted by molar-refractivity contribution is 7.80. The molecular formula is C14H25N3S. The summed E-state index contributed by atoms with van der Waals surface area (Å²) in [7, 11) is 3.78. The van der Waals surface area contributed by atoms with Gasteiger partial charge in [-0.2, -0.15) is 0 Å². The molecule has 0 radical (unpaired) electrons. The predicted molar refractivity (Wildman–Crippen MR) is 85.3 cm³/mol. The Morgan fingerprint density at radius 2 is 1.78 bits per heavy atom. The van der Waals surface area contributed by atoms with Crippen molar-refractivity contribution in [3.8, 4) is 0 Å². The van der Waals surface area contributed by atoms with E-state index in [1.165, 1.54) is 18.4 Å². The van der Waals surface area contributed by atoms with Gasteiger partial charge in [-0.25, -0.2) is 0 Å². The molecule has 0 saturated carbocycles. The standard InChI is InChI=1S/C9H12N2S.C5H13N/c1-7-3-5-8(6-4-7)11-9(12)10-2;1-3-4-5-6-2/h3-6H,1-2H3,(H2,10,11,12);6H,3-5H2,1-2H3. The minimum Gasteiger partial charge on any atom is -0.366 e. The van der Waals surface area contributed by atoms with Crippen LogP contribution in [0, 0.1) is 6.92 Å². The van der Waals surface area contributed by atoms with E-state index >= 15 is 0 Å². The van der Waals surface area contributed by atoms with Gasteiger partial charge in [-0.1, -0.05) is 31.0 Å². The van der Waals surface area contributed by atoms with Crippen LogP contribution in [0.4, 0.5) is 5.69 Å². The molecule has 0 aromatic heterocycles. The average Bonchev–Trinajstić information content (AvgIpc) is 2.39. The number of hydrogen-bond acceptors (Lipinski definition) is 2. The van der Waals surface area contributed by atoms with Gasteiger partial charge in [0.25, 0.3) is 0 Å². The number of benzene rings is 1. The average molecular weight is 267 g/mol. The Kier molecular flexibility index (Phi) is 10.3. The molecule has 3 nitrogen and oxygen atoms in total. The van der Waals surface area contributed by atoms with Gasteiger partial charge in [-0.15, -0.1) is 0 Å². The van der Waals surface area contributed by atoms with Crippen molar-refractivity contribution in [2.24, 2.45) is 0 Å². The van der Waals surface area contributed by atoms with Gasteiger partial charge in [0.15, 0.2) is 5.11 Å². The van der Waals surface area contributed by atoms with E-state index in [2.05, 4.69) is 29.8 Å². The number of aryl methyl sites for hydroxylation is 1. The van der Waals surface area contributed by atoms with Gasteiger partial charge in [-0.05, 0) is 51.3 Å². The van der Waals surface area contributed by atoms with E-state index in [4.69, 9.17) is 12.2 Å². The van der Waals surface area contributed by atoms with Crippen molar-refractivity contribution in [2.75, 3.05) is 26.0 Å². The normalized spacial score (nSPS) is 9.11. The van der Waals surface area contributed by atoms with Gasteiger partial charge in [0.05, 0.1) is 0 Å². The molecule has 0 aliphatic rings. The summed E-state index contributed by atoms with van der Waals surface area (Å²) in [5, 5.41) is 9.59. The van der Waals surface area contributed by atoms with Crippen molar-refractivity contribution in [3.05, 3.63) is 29.8 Å². The first-order valence-corrected chi connectivity index (χ1v) is 6.74. The molecule has 0 fully saturated rings. The molecule has 3 N–H and O–H groups in total. The lowest BCUT2D eigenvalue weighted by Crippen LogP contribution is -2.23. The van der Waals surface area contributed by atoms with Crippen LogP contribution in [0.1, 0.15) is 25.3 Å². The van der Waals surface area contributed by atoms with E-state index in [0.29, 0.717) is 5.11 Å². The second kappa shape index (κ2) is 11.0. The second-order valence-electron chi connectivity index (χ2n) is 4.03. The zero-order valence-corrected chi connectivity index (χ0v) is 12.7. The summed E-state index contributed by atoms with van der Waals surface area (Å²) in [4.78, 5) is 0. The highest BCUT2D eigenvalue weighted by Crippen LogP contribution is 2.07. The number of unbranched alkanes of at least 4 members (excludes halogenated alkanes) is 1. The minimum absolute atomic E-state index is 0.638. The van der Waals surface area contributed by atoms with Crippen LogP contribution in [0.2, 0.25) is 0 Å². The van der Waals surface area contributed by atoms with E-state index in [1.807, 2.05) is 31.3 Å². The van der Waals surface area contributed by atoms with Crippen molar-refractivity contribution >= 4 is 23.0 Å². The molecule has 0 amide bonds. The van der Waals surface area contributed by atoms with E-state index in [-0.39, 0.29) is 0 Å². The third-order valence-corrected chi connectivity index (χ3v) is 2.62. The lowest BCUT2D eigenvalue weighted by atomic mass is 10.2. The Morgan fingerprint density at radius 3 is 2.17 bits per heavy atom. The molecule has 0 aliphatic carbocycles. The number of rotatable bonds is 4. The number of hydrogen-bond donors (Lipinski definition) is 3. The summed E-state index contributed by atoms with van der Waals surface area (Å²) in [6.45, 7) is 5.41. The number of anilines is 1. The van der Waals surface area contributed by atoms with Gasteiger partial charge in [0.2, 0.25) is 0 Å². The summed E-state index contributed by atoms with van der Waals surface area (Å²) in [6.07, 6.45) is 2.59. The molecule has 0 bridgehead atoms. The smallest absolute Gasteiger partial charge is 0.170 e. The summed E-state index contributed by atoms with van der Waals surface area (Å²) >= 11 is 4.95. The Balaban J connectivity index is 0.000000411. The van der Waals surface area contributed by atoms with E-state index in [9.17, 15) is 0 Å². The summed E-state index contributed by atoms with van der Waals surface area (Å²) in [5.74, 6) is 0. The Labute approximate surface area is 116 Å². The van der Waals surface area contributed by atoms with Crippen LogP contribution in [-0.2, 0) is 0 Å². The second-order valence-corrected chi connectivity index (χ2v) is 4.44. The molecule has 0 spiro atoms. The van der Waals surface area contributed by atoms with Crippen LogP contribution in [0.25, 0.3) is 0 Å². The van der Waals surface area contributed by atoms with Gasteiger partial charge in [-0.3, -0.25) is 0 Å². The fourth-order valence-corrected chi connectivity index (χ4v) is 1.30. The predicted octanol–water partition coefficient (Wildman–Crippen LogP) is 2.92.